The first-order valence-corrected chi connectivity index (χ1v) is 5.08. The van der Waals surface area contributed by atoms with E-state index < -0.39 is 17.6 Å². The number of hydrogen-bond acceptors (Lipinski definition) is 1. The van der Waals surface area contributed by atoms with Gasteiger partial charge in [-0.1, -0.05) is 0 Å². The first-order valence-electron chi connectivity index (χ1n) is 5.08. The molecule has 1 aliphatic heterocycles. The summed E-state index contributed by atoms with van der Waals surface area (Å²) in [6.45, 7) is 0.679. The standard InChI is InChI=1S/C11H11F4N/c12-7-3-4-9(11(13,14)15)8(6-7)10-2-1-5-16-10/h3-4,6,10,16H,1-2,5H2/t10-/m1/s1. The number of hydrogen-bond donors (Lipinski definition) is 1. The molecule has 0 saturated carbocycles. The molecule has 5 heteroatoms. The first-order chi connectivity index (χ1) is 7.48. The van der Waals surface area contributed by atoms with Crippen molar-refractivity contribution in [1.82, 2.24) is 5.32 Å². The van der Waals surface area contributed by atoms with Crippen molar-refractivity contribution in [3.05, 3.63) is 35.1 Å². The molecule has 0 radical (unpaired) electrons. The lowest BCUT2D eigenvalue weighted by Gasteiger charge is -2.17. The molecule has 0 amide bonds. The molecule has 1 atom stereocenters. The van der Waals surface area contributed by atoms with Gasteiger partial charge in [0.05, 0.1) is 5.56 Å². The Morgan fingerprint density at radius 3 is 2.56 bits per heavy atom. The fourth-order valence-electron chi connectivity index (χ4n) is 2.03. The molecule has 88 valence electrons. The van der Waals surface area contributed by atoms with Gasteiger partial charge in [-0.25, -0.2) is 4.39 Å². The van der Waals surface area contributed by atoms with Gasteiger partial charge in [0, 0.05) is 6.04 Å². The summed E-state index contributed by atoms with van der Waals surface area (Å²) in [4.78, 5) is 0. The normalized spacial score (nSPS) is 21.4. The molecule has 1 heterocycles. The van der Waals surface area contributed by atoms with E-state index in [0.29, 0.717) is 13.0 Å². The summed E-state index contributed by atoms with van der Waals surface area (Å²) in [7, 11) is 0. The average molecular weight is 233 g/mol. The van der Waals surface area contributed by atoms with Crippen LogP contribution in [0.5, 0.6) is 0 Å². The smallest absolute Gasteiger partial charge is 0.310 e. The molecule has 1 fully saturated rings. The zero-order chi connectivity index (χ0) is 11.8. The summed E-state index contributed by atoms with van der Waals surface area (Å²) in [5, 5.41) is 2.95. The van der Waals surface area contributed by atoms with Crippen LogP contribution in [0.25, 0.3) is 0 Å². The van der Waals surface area contributed by atoms with Crippen molar-refractivity contribution in [2.24, 2.45) is 0 Å². The Balaban J connectivity index is 2.43. The Morgan fingerprint density at radius 1 is 1.25 bits per heavy atom. The summed E-state index contributed by atoms with van der Waals surface area (Å²) in [5.41, 5.74) is -0.724. The highest BCUT2D eigenvalue weighted by Crippen LogP contribution is 2.37. The fraction of sp³-hybridized carbons (Fsp3) is 0.455. The van der Waals surface area contributed by atoms with Gasteiger partial charge in [0.1, 0.15) is 5.82 Å². The van der Waals surface area contributed by atoms with Crippen molar-refractivity contribution < 1.29 is 17.6 Å². The number of benzene rings is 1. The Bertz CT molecular complexity index is 380. The Morgan fingerprint density at radius 2 is 2.00 bits per heavy atom. The molecule has 1 saturated heterocycles. The van der Waals surface area contributed by atoms with Gasteiger partial charge < -0.3 is 5.32 Å². The minimum atomic E-state index is -4.42. The van der Waals surface area contributed by atoms with Crippen molar-refractivity contribution in [1.29, 1.82) is 0 Å². The second-order valence-corrected chi connectivity index (χ2v) is 3.88. The number of alkyl halides is 3. The number of rotatable bonds is 1. The van der Waals surface area contributed by atoms with Crippen molar-refractivity contribution in [3.8, 4) is 0 Å². The maximum atomic E-state index is 13.0. The van der Waals surface area contributed by atoms with E-state index in [9.17, 15) is 17.6 Å². The molecule has 1 aliphatic rings. The quantitative estimate of drug-likeness (QED) is 0.734. The Labute approximate surface area is 90.5 Å². The highest BCUT2D eigenvalue weighted by Gasteiger charge is 2.35. The minimum absolute atomic E-state index is 0.0185. The van der Waals surface area contributed by atoms with Crippen molar-refractivity contribution in [3.63, 3.8) is 0 Å². The van der Waals surface area contributed by atoms with Gasteiger partial charge in [-0.15, -0.1) is 0 Å². The van der Waals surface area contributed by atoms with Crippen LogP contribution in [0, 0.1) is 5.82 Å². The molecule has 0 spiro atoms. The van der Waals surface area contributed by atoms with E-state index in [1.807, 2.05) is 0 Å². The van der Waals surface area contributed by atoms with Crippen LogP contribution < -0.4 is 5.32 Å². The van der Waals surface area contributed by atoms with Crippen LogP contribution in [0.2, 0.25) is 0 Å². The molecule has 1 aromatic rings. The van der Waals surface area contributed by atoms with Gasteiger partial charge in [0.2, 0.25) is 0 Å². The van der Waals surface area contributed by atoms with Crippen LogP contribution in [-0.4, -0.2) is 6.54 Å². The Kier molecular flexibility index (Phi) is 2.88. The number of halogens is 4. The third-order valence-corrected chi connectivity index (χ3v) is 2.75. The maximum Gasteiger partial charge on any atom is 0.416 e. The molecule has 0 unspecified atom stereocenters. The molecular formula is C11H11F4N. The highest BCUT2D eigenvalue weighted by molar-refractivity contribution is 5.33. The lowest BCUT2D eigenvalue weighted by molar-refractivity contribution is -0.138. The summed E-state index contributed by atoms with van der Waals surface area (Å²) < 4.78 is 51.0. The summed E-state index contributed by atoms with van der Waals surface area (Å²) in [6.07, 6.45) is -2.99. The maximum absolute atomic E-state index is 13.0. The van der Waals surface area contributed by atoms with Gasteiger partial charge in [-0.3, -0.25) is 0 Å². The van der Waals surface area contributed by atoms with Crippen LogP contribution in [0.15, 0.2) is 18.2 Å². The van der Waals surface area contributed by atoms with Crippen LogP contribution in [0.3, 0.4) is 0 Å². The summed E-state index contributed by atoms with van der Waals surface area (Å²) in [6, 6.07) is 2.25. The molecule has 0 aliphatic carbocycles. The lowest BCUT2D eigenvalue weighted by Crippen LogP contribution is -2.18. The molecule has 2 rings (SSSR count). The SMILES string of the molecule is Fc1ccc(C(F)(F)F)c([C@H]2CCCN2)c1. The molecule has 0 aromatic heterocycles. The van der Waals surface area contributed by atoms with Crippen LogP contribution in [0.1, 0.15) is 30.0 Å². The summed E-state index contributed by atoms with van der Waals surface area (Å²) in [5.74, 6) is -0.628. The molecular weight excluding hydrogens is 222 g/mol. The average Bonchev–Trinajstić information content (AvgIpc) is 2.68. The van der Waals surface area contributed by atoms with Gasteiger partial charge in [-0.05, 0) is 43.1 Å². The van der Waals surface area contributed by atoms with Crippen molar-refractivity contribution >= 4 is 0 Å². The van der Waals surface area contributed by atoms with Crippen molar-refractivity contribution in [2.75, 3.05) is 6.54 Å². The molecule has 16 heavy (non-hydrogen) atoms. The largest absolute Gasteiger partial charge is 0.416 e. The Hall–Kier alpha value is -1.10. The second-order valence-electron chi connectivity index (χ2n) is 3.88. The van der Waals surface area contributed by atoms with E-state index in [2.05, 4.69) is 5.32 Å². The van der Waals surface area contributed by atoms with E-state index in [1.165, 1.54) is 0 Å². The third-order valence-electron chi connectivity index (χ3n) is 2.75. The third kappa shape index (κ3) is 2.19. The predicted octanol–water partition coefficient (Wildman–Crippen LogP) is 3.27. The fourth-order valence-corrected chi connectivity index (χ4v) is 2.03. The van der Waals surface area contributed by atoms with E-state index in [-0.39, 0.29) is 11.6 Å². The molecule has 1 N–H and O–H groups in total. The van der Waals surface area contributed by atoms with Gasteiger partial charge in [0.15, 0.2) is 0 Å². The van der Waals surface area contributed by atoms with Gasteiger partial charge >= 0.3 is 6.18 Å². The van der Waals surface area contributed by atoms with E-state index in [4.69, 9.17) is 0 Å². The van der Waals surface area contributed by atoms with Crippen LogP contribution in [0.4, 0.5) is 17.6 Å². The molecule has 1 nitrogen and oxygen atoms in total. The van der Waals surface area contributed by atoms with E-state index in [1.54, 1.807) is 0 Å². The van der Waals surface area contributed by atoms with Crippen LogP contribution in [-0.2, 0) is 6.18 Å². The van der Waals surface area contributed by atoms with Gasteiger partial charge in [0.25, 0.3) is 0 Å². The topological polar surface area (TPSA) is 12.0 Å². The zero-order valence-corrected chi connectivity index (χ0v) is 8.44. The van der Waals surface area contributed by atoms with Crippen molar-refractivity contribution in [2.45, 2.75) is 25.1 Å². The zero-order valence-electron chi connectivity index (χ0n) is 8.44. The number of nitrogens with one attached hydrogen (secondary N) is 1. The van der Waals surface area contributed by atoms with Crippen LogP contribution >= 0.6 is 0 Å². The highest BCUT2D eigenvalue weighted by atomic mass is 19.4. The minimum Gasteiger partial charge on any atom is -0.310 e. The molecule has 1 aromatic carbocycles. The van der Waals surface area contributed by atoms with E-state index >= 15 is 0 Å². The first kappa shape index (κ1) is 11.4. The monoisotopic (exact) mass is 233 g/mol. The predicted molar refractivity (Wildman–Crippen MR) is 51.4 cm³/mol. The van der Waals surface area contributed by atoms with E-state index in [0.717, 1.165) is 24.6 Å². The summed E-state index contributed by atoms with van der Waals surface area (Å²) >= 11 is 0. The molecule has 0 bridgehead atoms. The lowest BCUT2D eigenvalue weighted by atomic mass is 9.98. The second kappa shape index (κ2) is 4.05. The van der Waals surface area contributed by atoms with Gasteiger partial charge in [-0.2, -0.15) is 13.2 Å².